The minimum absolute atomic E-state index is 0.145. The Morgan fingerprint density at radius 3 is 2.53 bits per heavy atom. The quantitative estimate of drug-likeness (QED) is 0.464. The average molecular weight is 232 g/mol. The molecule has 1 aliphatic rings. The van der Waals surface area contributed by atoms with Crippen LogP contribution in [0.1, 0.15) is 43.4 Å². The average Bonchev–Trinajstić information content (AvgIpc) is 2.37. The number of fused-ring (bicyclic) bond motifs is 1. The van der Waals surface area contributed by atoms with Crippen LogP contribution in [0.25, 0.3) is 0 Å². The highest BCUT2D eigenvalue weighted by Crippen LogP contribution is 2.28. The predicted octanol–water partition coefficient (Wildman–Crippen LogP) is 1.83. The van der Waals surface area contributed by atoms with E-state index in [1.54, 1.807) is 0 Å². The van der Waals surface area contributed by atoms with Gasteiger partial charge in [0, 0.05) is 0 Å². The van der Waals surface area contributed by atoms with E-state index < -0.39 is 5.41 Å². The molecule has 1 amide bonds. The second kappa shape index (κ2) is 4.49. The number of hydrazine groups is 1. The van der Waals surface area contributed by atoms with Crippen LogP contribution in [0.3, 0.4) is 0 Å². The molecule has 0 spiro atoms. The first-order chi connectivity index (χ1) is 8.05. The van der Waals surface area contributed by atoms with Gasteiger partial charge in [-0.15, -0.1) is 0 Å². The summed E-state index contributed by atoms with van der Waals surface area (Å²) in [6.45, 7) is 3.81. The van der Waals surface area contributed by atoms with Gasteiger partial charge in [-0.2, -0.15) is 0 Å². The minimum atomic E-state index is -0.568. The molecule has 0 unspecified atom stereocenters. The highest BCUT2D eigenvalue weighted by atomic mass is 16.2. The minimum Gasteiger partial charge on any atom is -0.294 e. The number of aryl methyl sites for hydroxylation is 2. The van der Waals surface area contributed by atoms with Crippen LogP contribution in [0.5, 0.6) is 0 Å². The molecule has 3 N–H and O–H groups in total. The Morgan fingerprint density at radius 1 is 1.24 bits per heavy atom. The summed E-state index contributed by atoms with van der Waals surface area (Å²) in [7, 11) is 0. The maximum absolute atomic E-state index is 11.8. The van der Waals surface area contributed by atoms with E-state index in [1.807, 2.05) is 13.8 Å². The standard InChI is InChI=1S/C14H20N2O/c1-14(2,13(17)16-15)12-8-7-10-5-3-4-6-11(10)9-12/h7-9H,3-6,15H2,1-2H3,(H,16,17). The topological polar surface area (TPSA) is 55.1 Å². The zero-order chi connectivity index (χ0) is 12.5. The molecule has 0 fully saturated rings. The van der Waals surface area contributed by atoms with Gasteiger partial charge in [-0.05, 0) is 56.2 Å². The number of nitrogens with two attached hydrogens (primary N) is 1. The van der Waals surface area contributed by atoms with Crippen LogP contribution in [-0.2, 0) is 23.1 Å². The molecule has 17 heavy (non-hydrogen) atoms. The Balaban J connectivity index is 2.36. The van der Waals surface area contributed by atoms with E-state index in [1.165, 1.54) is 30.4 Å². The van der Waals surface area contributed by atoms with Crippen molar-refractivity contribution in [3.05, 3.63) is 34.9 Å². The van der Waals surface area contributed by atoms with Crippen LogP contribution >= 0.6 is 0 Å². The number of benzene rings is 1. The van der Waals surface area contributed by atoms with E-state index >= 15 is 0 Å². The molecular formula is C14H20N2O. The number of hydrogen-bond donors (Lipinski definition) is 2. The Kier molecular flexibility index (Phi) is 3.20. The van der Waals surface area contributed by atoms with Crippen LogP contribution in [0.2, 0.25) is 0 Å². The van der Waals surface area contributed by atoms with Crippen molar-refractivity contribution in [1.82, 2.24) is 5.43 Å². The largest absolute Gasteiger partial charge is 0.294 e. The van der Waals surface area contributed by atoms with Crippen LogP contribution in [0, 0.1) is 0 Å². The van der Waals surface area contributed by atoms with Gasteiger partial charge in [0.2, 0.25) is 5.91 Å². The van der Waals surface area contributed by atoms with Gasteiger partial charge in [0.15, 0.2) is 0 Å². The molecule has 0 radical (unpaired) electrons. The van der Waals surface area contributed by atoms with E-state index in [4.69, 9.17) is 5.84 Å². The van der Waals surface area contributed by atoms with E-state index in [0.29, 0.717) is 0 Å². The van der Waals surface area contributed by atoms with E-state index in [2.05, 4.69) is 23.6 Å². The van der Waals surface area contributed by atoms with Crippen molar-refractivity contribution in [2.75, 3.05) is 0 Å². The van der Waals surface area contributed by atoms with E-state index in [9.17, 15) is 4.79 Å². The SMILES string of the molecule is CC(C)(C(=O)NN)c1ccc2c(c1)CCCC2. The Labute approximate surface area is 102 Å². The first-order valence-corrected chi connectivity index (χ1v) is 6.19. The summed E-state index contributed by atoms with van der Waals surface area (Å²) in [5.74, 6) is 5.09. The summed E-state index contributed by atoms with van der Waals surface area (Å²) >= 11 is 0. The maximum atomic E-state index is 11.8. The lowest BCUT2D eigenvalue weighted by molar-refractivity contribution is -0.125. The lowest BCUT2D eigenvalue weighted by Crippen LogP contribution is -2.43. The smallest absolute Gasteiger partial charge is 0.243 e. The molecule has 3 nitrogen and oxygen atoms in total. The van der Waals surface area contributed by atoms with Gasteiger partial charge in [0.05, 0.1) is 5.41 Å². The molecule has 2 rings (SSSR count). The van der Waals surface area contributed by atoms with Crippen molar-refractivity contribution >= 4 is 5.91 Å². The van der Waals surface area contributed by atoms with Crippen LogP contribution in [-0.4, -0.2) is 5.91 Å². The van der Waals surface area contributed by atoms with Crippen molar-refractivity contribution in [1.29, 1.82) is 0 Å². The Morgan fingerprint density at radius 2 is 1.88 bits per heavy atom. The predicted molar refractivity (Wildman–Crippen MR) is 68.4 cm³/mol. The van der Waals surface area contributed by atoms with Gasteiger partial charge in [-0.1, -0.05) is 18.2 Å². The van der Waals surface area contributed by atoms with Gasteiger partial charge in [-0.25, -0.2) is 5.84 Å². The maximum Gasteiger partial charge on any atom is 0.243 e. The van der Waals surface area contributed by atoms with Gasteiger partial charge in [0.1, 0.15) is 0 Å². The van der Waals surface area contributed by atoms with Crippen LogP contribution in [0.4, 0.5) is 0 Å². The van der Waals surface area contributed by atoms with E-state index in [0.717, 1.165) is 12.0 Å². The number of carbonyl (C=O) groups excluding carboxylic acids is 1. The van der Waals surface area contributed by atoms with Crippen molar-refractivity contribution in [3.8, 4) is 0 Å². The van der Waals surface area contributed by atoms with Crippen molar-refractivity contribution in [3.63, 3.8) is 0 Å². The third-order valence-electron chi connectivity index (χ3n) is 3.77. The second-order valence-corrected chi connectivity index (χ2v) is 5.29. The molecule has 0 aliphatic heterocycles. The molecule has 1 aromatic carbocycles. The summed E-state index contributed by atoms with van der Waals surface area (Å²) in [4.78, 5) is 11.8. The molecule has 1 aliphatic carbocycles. The summed E-state index contributed by atoms with van der Waals surface area (Å²) in [6.07, 6.45) is 4.82. The monoisotopic (exact) mass is 232 g/mol. The number of carbonyl (C=O) groups is 1. The first kappa shape index (κ1) is 12.1. The van der Waals surface area contributed by atoms with Gasteiger partial charge in [-0.3, -0.25) is 10.2 Å². The second-order valence-electron chi connectivity index (χ2n) is 5.29. The third-order valence-corrected chi connectivity index (χ3v) is 3.77. The molecule has 0 bridgehead atoms. The van der Waals surface area contributed by atoms with Crippen molar-refractivity contribution < 1.29 is 4.79 Å². The van der Waals surface area contributed by atoms with Crippen LogP contribution < -0.4 is 11.3 Å². The Hall–Kier alpha value is -1.35. The fourth-order valence-corrected chi connectivity index (χ4v) is 2.43. The molecular weight excluding hydrogens is 212 g/mol. The molecule has 0 aromatic heterocycles. The summed E-state index contributed by atoms with van der Waals surface area (Å²) in [6, 6.07) is 6.39. The summed E-state index contributed by atoms with van der Waals surface area (Å²) in [5, 5.41) is 0. The van der Waals surface area contributed by atoms with Gasteiger partial charge < -0.3 is 0 Å². The highest BCUT2D eigenvalue weighted by Gasteiger charge is 2.29. The fraction of sp³-hybridized carbons (Fsp3) is 0.500. The lowest BCUT2D eigenvalue weighted by atomic mass is 9.80. The first-order valence-electron chi connectivity index (χ1n) is 6.19. The lowest BCUT2D eigenvalue weighted by Gasteiger charge is -2.25. The van der Waals surface area contributed by atoms with Gasteiger partial charge in [0.25, 0.3) is 0 Å². The van der Waals surface area contributed by atoms with Crippen molar-refractivity contribution in [2.45, 2.75) is 44.9 Å². The number of nitrogens with one attached hydrogen (secondary N) is 1. The fourth-order valence-electron chi connectivity index (χ4n) is 2.43. The number of hydrogen-bond acceptors (Lipinski definition) is 2. The van der Waals surface area contributed by atoms with Crippen LogP contribution in [0.15, 0.2) is 18.2 Å². The summed E-state index contributed by atoms with van der Waals surface area (Å²) < 4.78 is 0. The molecule has 92 valence electrons. The third kappa shape index (κ3) is 2.20. The zero-order valence-corrected chi connectivity index (χ0v) is 10.5. The number of amides is 1. The zero-order valence-electron chi connectivity index (χ0n) is 10.5. The highest BCUT2D eigenvalue weighted by molar-refractivity contribution is 5.86. The molecule has 0 heterocycles. The molecule has 0 saturated heterocycles. The summed E-state index contributed by atoms with van der Waals surface area (Å²) in [5.41, 5.74) is 5.55. The van der Waals surface area contributed by atoms with Gasteiger partial charge >= 0.3 is 0 Å². The molecule has 0 atom stereocenters. The normalized spacial score (nSPS) is 15.2. The molecule has 0 saturated carbocycles. The molecule has 1 aromatic rings. The Bertz CT molecular complexity index is 438. The number of rotatable bonds is 2. The van der Waals surface area contributed by atoms with Crippen molar-refractivity contribution in [2.24, 2.45) is 5.84 Å². The van der Waals surface area contributed by atoms with E-state index in [-0.39, 0.29) is 5.91 Å². The molecule has 3 heteroatoms.